The second-order valence-corrected chi connectivity index (χ2v) is 24.4. The predicted molar refractivity (Wildman–Crippen MR) is 267 cm³/mol. The highest BCUT2D eigenvalue weighted by molar-refractivity contribution is 7.88. The lowest BCUT2D eigenvalue weighted by molar-refractivity contribution is -0.0390. The molecule has 0 aliphatic carbocycles. The van der Waals surface area contributed by atoms with Crippen LogP contribution in [0.25, 0.3) is 42.7 Å². The van der Waals surface area contributed by atoms with E-state index in [4.69, 9.17) is 40.9 Å². The minimum Gasteiger partial charge on any atom is -0.378 e. The molecule has 0 spiro atoms. The first-order chi connectivity index (χ1) is 32.8. The van der Waals surface area contributed by atoms with Gasteiger partial charge in [0.2, 0.25) is 25.3 Å². The lowest BCUT2D eigenvalue weighted by atomic mass is 10.1. The largest absolute Gasteiger partial charge is 0.378 e. The maximum Gasteiger partial charge on any atom is 0.224 e. The van der Waals surface area contributed by atoms with Crippen molar-refractivity contribution in [3.05, 3.63) is 51.6 Å². The standard InChI is InChI=1S/C28H35N7O4S2.C16H22ClN5O3S2/c1-41(36,37)34-10-8-32(9-11-34)18-20-17-24-26(40-20)28(33-12-15-38-16-13-33)30-27(29-24)21-5-4-6-23-22(21)19-35(31-23)25-7-2-3-14-39-25;1-27(23,24)22-4-2-20(3-5-22)11-12-10-13-14(26-12)15(19-16(17)18-13)21-6-8-25-9-7-21/h4-6,17,19,25H,2-3,7-16,18H2,1H3;10H,2-9,11H2,1H3. The van der Waals surface area contributed by atoms with Crippen LogP contribution in [0.15, 0.2) is 36.5 Å². The van der Waals surface area contributed by atoms with Gasteiger partial charge >= 0.3 is 0 Å². The van der Waals surface area contributed by atoms with E-state index in [2.05, 4.69) is 54.0 Å². The first-order valence-electron chi connectivity index (χ1n) is 23.2. The van der Waals surface area contributed by atoms with Crippen LogP contribution in [0, 0.1) is 0 Å². The summed E-state index contributed by atoms with van der Waals surface area (Å²) in [5.74, 6) is 2.53. The lowest BCUT2D eigenvalue weighted by Crippen LogP contribution is -2.47. The summed E-state index contributed by atoms with van der Waals surface area (Å²) in [6.45, 7) is 13.2. The van der Waals surface area contributed by atoms with Crippen LogP contribution in [0.2, 0.25) is 5.28 Å². The third-order valence-electron chi connectivity index (χ3n) is 13.0. The van der Waals surface area contributed by atoms with Crippen LogP contribution in [0.1, 0.15) is 35.2 Å². The van der Waals surface area contributed by atoms with Gasteiger partial charge in [0.25, 0.3) is 0 Å². The Kier molecular flexibility index (Phi) is 14.5. The third-order valence-corrected chi connectivity index (χ3v) is 18.0. The molecule has 1 aromatic carbocycles. The monoisotopic (exact) mass is 1030 g/mol. The maximum atomic E-state index is 11.9. The van der Waals surface area contributed by atoms with E-state index in [0.717, 1.165) is 127 Å². The molecule has 5 fully saturated rings. The fourth-order valence-corrected chi connectivity index (χ4v) is 13.5. The number of aromatic nitrogens is 6. The molecule has 1 atom stereocenters. The van der Waals surface area contributed by atoms with Crippen LogP contribution >= 0.6 is 34.3 Å². The number of morpholine rings is 2. The highest BCUT2D eigenvalue weighted by atomic mass is 35.5. The molecule has 5 aliphatic heterocycles. The Balaban J connectivity index is 0.000000173. The van der Waals surface area contributed by atoms with E-state index in [-0.39, 0.29) is 11.5 Å². The van der Waals surface area contributed by atoms with Crippen molar-refractivity contribution in [2.45, 2.75) is 38.6 Å². The smallest absolute Gasteiger partial charge is 0.224 e. The van der Waals surface area contributed by atoms with E-state index >= 15 is 0 Å². The van der Waals surface area contributed by atoms with Crippen molar-refractivity contribution in [2.75, 3.05) is 134 Å². The topological polar surface area (TPSA) is 185 Å². The van der Waals surface area contributed by atoms with Gasteiger partial charge in [-0.1, -0.05) is 12.1 Å². The highest BCUT2D eigenvalue weighted by Crippen LogP contribution is 2.38. The number of thiophene rings is 2. The summed E-state index contributed by atoms with van der Waals surface area (Å²) in [7, 11) is -6.26. The van der Waals surface area contributed by atoms with E-state index < -0.39 is 20.0 Å². The summed E-state index contributed by atoms with van der Waals surface area (Å²) in [5, 5.41) is 6.13. The molecule has 68 heavy (non-hydrogen) atoms. The molecule has 11 rings (SSSR count). The van der Waals surface area contributed by atoms with Crippen LogP contribution in [0.5, 0.6) is 0 Å². The van der Waals surface area contributed by atoms with Gasteiger partial charge in [0.15, 0.2) is 17.5 Å². The average Bonchev–Trinajstić information content (AvgIpc) is 4.08. The molecule has 366 valence electrons. The van der Waals surface area contributed by atoms with Gasteiger partial charge in [-0.25, -0.2) is 36.5 Å². The quantitative estimate of drug-likeness (QED) is 0.174. The zero-order valence-electron chi connectivity index (χ0n) is 38.3. The third kappa shape index (κ3) is 10.9. The molecular weight excluding hydrogens is 972 g/mol. The molecule has 0 bridgehead atoms. The number of hydrogen-bond donors (Lipinski definition) is 0. The Morgan fingerprint density at radius 3 is 1.72 bits per heavy atom. The number of anilines is 2. The number of benzene rings is 1. The van der Waals surface area contributed by atoms with Gasteiger partial charge in [0.1, 0.15) is 6.23 Å². The maximum absolute atomic E-state index is 11.9. The summed E-state index contributed by atoms with van der Waals surface area (Å²) < 4.78 is 71.5. The van der Waals surface area contributed by atoms with Crippen molar-refractivity contribution in [2.24, 2.45) is 0 Å². The number of halogens is 1. The molecular formula is C44H57ClN12O7S4. The summed E-state index contributed by atoms with van der Waals surface area (Å²) >= 11 is 9.58. The molecule has 24 heteroatoms. The molecule has 5 saturated heterocycles. The van der Waals surface area contributed by atoms with Gasteiger partial charge in [-0.3, -0.25) is 9.80 Å². The van der Waals surface area contributed by atoms with E-state index in [0.29, 0.717) is 71.5 Å². The molecule has 10 heterocycles. The number of piperazine rings is 2. The molecule has 19 nitrogen and oxygen atoms in total. The molecule has 5 aliphatic rings. The number of sulfonamides is 2. The van der Waals surface area contributed by atoms with Crippen LogP contribution in [0.4, 0.5) is 11.6 Å². The van der Waals surface area contributed by atoms with E-state index in [1.165, 1.54) is 26.6 Å². The Hall–Kier alpha value is -3.72. The fraction of sp³-hybridized carbons (Fsp3) is 0.568. The normalized spacial score (nSPS) is 21.2. The van der Waals surface area contributed by atoms with Crippen molar-refractivity contribution in [1.82, 2.24) is 48.1 Å². The second-order valence-electron chi connectivity index (χ2n) is 17.8. The zero-order chi connectivity index (χ0) is 47.0. The first-order valence-corrected chi connectivity index (χ1v) is 28.9. The molecule has 6 aromatic rings. The molecule has 1 unspecified atom stereocenters. The average molecular weight is 1030 g/mol. The van der Waals surface area contributed by atoms with Gasteiger partial charge < -0.3 is 24.0 Å². The van der Waals surface area contributed by atoms with Gasteiger partial charge in [-0.05, 0) is 49.1 Å². The van der Waals surface area contributed by atoms with E-state index in [1.54, 1.807) is 27.0 Å². The lowest BCUT2D eigenvalue weighted by Gasteiger charge is -2.32. The first kappa shape index (κ1) is 47.9. The molecule has 0 radical (unpaired) electrons. The van der Waals surface area contributed by atoms with Crippen LogP contribution in [-0.2, 0) is 47.3 Å². The molecule has 5 aromatic heterocycles. The Morgan fingerprint density at radius 1 is 0.647 bits per heavy atom. The molecule has 0 saturated carbocycles. The summed E-state index contributed by atoms with van der Waals surface area (Å²) in [6.07, 6.45) is 7.81. The van der Waals surface area contributed by atoms with Crippen molar-refractivity contribution in [1.29, 1.82) is 0 Å². The summed E-state index contributed by atoms with van der Waals surface area (Å²) in [4.78, 5) is 30.6. The van der Waals surface area contributed by atoms with Crippen molar-refractivity contribution >= 4 is 97.3 Å². The van der Waals surface area contributed by atoms with Gasteiger partial charge in [-0.2, -0.15) is 18.7 Å². The number of ether oxygens (including phenoxy) is 3. The molecule has 0 N–H and O–H groups in total. The van der Waals surface area contributed by atoms with E-state index in [1.807, 2.05) is 16.8 Å². The Labute approximate surface area is 409 Å². The van der Waals surface area contributed by atoms with Crippen LogP contribution < -0.4 is 9.80 Å². The van der Waals surface area contributed by atoms with Gasteiger partial charge in [0.05, 0.1) is 64.9 Å². The van der Waals surface area contributed by atoms with Gasteiger partial charge in [-0.15, -0.1) is 22.7 Å². The van der Waals surface area contributed by atoms with E-state index in [9.17, 15) is 16.8 Å². The van der Waals surface area contributed by atoms with Crippen molar-refractivity contribution < 1.29 is 31.0 Å². The number of hydrogen-bond acceptors (Lipinski definition) is 18. The Morgan fingerprint density at radius 2 is 1.19 bits per heavy atom. The van der Waals surface area contributed by atoms with Crippen LogP contribution in [-0.4, -0.2) is 189 Å². The van der Waals surface area contributed by atoms with Crippen molar-refractivity contribution in [3.63, 3.8) is 0 Å². The minimum absolute atomic E-state index is 0.0324. The molecule has 0 amide bonds. The minimum atomic E-state index is -3.15. The fourth-order valence-electron chi connectivity index (χ4n) is 9.37. The second kappa shape index (κ2) is 20.6. The number of rotatable bonds is 10. The summed E-state index contributed by atoms with van der Waals surface area (Å²) in [5.41, 5.74) is 3.68. The summed E-state index contributed by atoms with van der Waals surface area (Å²) in [6, 6.07) is 10.4. The SMILES string of the molecule is CS(=O)(=O)N1CCN(Cc2cc3nc(-c4cccc5nn(C6CCCCO6)cc45)nc(N4CCOCC4)c3s2)CC1.CS(=O)(=O)N1CCN(Cc2cc3nc(Cl)nc(N4CCOCC4)c3s2)CC1. The Bertz CT molecular complexity index is 2960. The number of fused-ring (bicyclic) bond motifs is 3. The predicted octanol–water partition coefficient (Wildman–Crippen LogP) is 4.58. The highest BCUT2D eigenvalue weighted by Gasteiger charge is 2.28. The number of nitrogens with zero attached hydrogens (tertiary/aromatic N) is 12. The van der Waals surface area contributed by atoms with Crippen molar-refractivity contribution in [3.8, 4) is 11.4 Å². The van der Waals surface area contributed by atoms with Gasteiger partial charge in [0, 0.05) is 125 Å². The zero-order valence-corrected chi connectivity index (χ0v) is 42.4. The van der Waals surface area contributed by atoms with Crippen LogP contribution in [0.3, 0.4) is 0 Å².